The number of nitrogens with zero attached hydrogens (tertiary/aromatic N) is 1. The van der Waals surface area contributed by atoms with Gasteiger partial charge in [0.2, 0.25) is 0 Å². The summed E-state index contributed by atoms with van der Waals surface area (Å²) in [5, 5.41) is 9.88. The lowest BCUT2D eigenvalue weighted by Crippen LogP contribution is -2.38. The predicted molar refractivity (Wildman–Crippen MR) is 68.1 cm³/mol. The smallest absolute Gasteiger partial charge is 0.0900 e. The Kier molecular flexibility index (Phi) is 7.04. The molecule has 4 heteroatoms. The van der Waals surface area contributed by atoms with Gasteiger partial charge in [0.15, 0.2) is 0 Å². The molecule has 2 unspecified atom stereocenters. The lowest BCUT2D eigenvalue weighted by Gasteiger charge is -2.26. The molecule has 2 atom stereocenters. The summed E-state index contributed by atoms with van der Waals surface area (Å²) in [7, 11) is 0. The molecule has 0 spiro atoms. The number of likely N-dealkylation sites (N-methyl/N-ethyl adjacent to an activating group) is 1. The van der Waals surface area contributed by atoms with Crippen LogP contribution in [0.3, 0.4) is 0 Å². The largest absolute Gasteiger partial charge is 0.389 e. The van der Waals surface area contributed by atoms with Crippen molar-refractivity contribution in [1.29, 1.82) is 0 Å². The SMILES string of the molecule is CCN(CC(O)COC(C)C)CC1CCOC1. The molecule has 4 nitrogen and oxygen atoms in total. The average Bonchev–Trinajstić information content (AvgIpc) is 2.78. The summed E-state index contributed by atoms with van der Waals surface area (Å²) < 4.78 is 10.8. The van der Waals surface area contributed by atoms with E-state index in [1.54, 1.807) is 0 Å². The van der Waals surface area contributed by atoms with Crippen LogP contribution >= 0.6 is 0 Å². The molecule has 0 aromatic carbocycles. The van der Waals surface area contributed by atoms with Crippen LogP contribution in [0.15, 0.2) is 0 Å². The van der Waals surface area contributed by atoms with E-state index in [1.807, 2.05) is 13.8 Å². The van der Waals surface area contributed by atoms with Gasteiger partial charge in [-0.2, -0.15) is 0 Å². The monoisotopic (exact) mass is 245 g/mol. The number of hydrogen-bond acceptors (Lipinski definition) is 4. The first kappa shape index (κ1) is 14.9. The highest BCUT2D eigenvalue weighted by Crippen LogP contribution is 2.14. The van der Waals surface area contributed by atoms with Crippen molar-refractivity contribution in [1.82, 2.24) is 4.90 Å². The zero-order valence-electron chi connectivity index (χ0n) is 11.4. The minimum absolute atomic E-state index is 0.183. The molecule has 0 amide bonds. The maximum Gasteiger partial charge on any atom is 0.0900 e. The van der Waals surface area contributed by atoms with Crippen molar-refractivity contribution < 1.29 is 14.6 Å². The van der Waals surface area contributed by atoms with Crippen molar-refractivity contribution in [2.75, 3.05) is 39.5 Å². The molecule has 0 aliphatic carbocycles. The van der Waals surface area contributed by atoms with Gasteiger partial charge in [-0.25, -0.2) is 0 Å². The van der Waals surface area contributed by atoms with Crippen LogP contribution in [0.4, 0.5) is 0 Å². The van der Waals surface area contributed by atoms with Gasteiger partial charge in [0.1, 0.15) is 0 Å². The Hall–Kier alpha value is -0.160. The maximum atomic E-state index is 9.88. The third kappa shape index (κ3) is 6.36. The van der Waals surface area contributed by atoms with Crippen LogP contribution < -0.4 is 0 Å². The Bertz CT molecular complexity index is 193. The molecule has 102 valence electrons. The molecule has 1 rings (SSSR count). The van der Waals surface area contributed by atoms with Gasteiger partial charge >= 0.3 is 0 Å². The van der Waals surface area contributed by atoms with E-state index < -0.39 is 0 Å². The molecule has 0 saturated carbocycles. The molecular formula is C13H27NO3. The van der Waals surface area contributed by atoms with Crippen molar-refractivity contribution in [2.45, 2.75) is 39.4 Å². The first-order chi connectivity index (χ1) is 8.11. The number of aliphatic hydroxyl groups is 1. The minimum Gasteiger partial charge on any atom is -0.389 e. The van der Waals surface area contributed by atoms with E-state index >= 15 is 0 Å². The zero-order valence-corrected chi connectivity index (χ0v) is 11.4. The van der Waals surface area contributed by atoms with Crippen molar-refractivity contribution in [3.05, 3.63) is 0 Å². The van der Waals surface area contributed by atoms with Gasteiger partial charge in [-0.15, -0.1) is 0 Å². The molecule has 1 N–H and O–H groups in total. The fourth-order valence-corrected chi connectivity index (χ4v) is 2.08. The van der Waals surface area contributed by atoms with Gasteiger partial charge in [0, 0.05) is 19.7 Å². The summed E-state index contributed by atoms with van der Waals surface area (Å²) in [6, 6.07) is 0. The van der Waals surface area contributed by atoms with E-state index in [0.717, 1.165) is 32.7 Å². The second-order valence-corrected chi connectivity index (χ2v) is 5.12. The third-order valence-corrected chi connectivity index (χ3v) is 3.08. The second kappa shape index (κ2) is 8.03. The Labute approximate surface area is 105 Å². The topological polar surface area (TPSA) is 41.9 Å². The summed E-state index contributed by atoms with van der Waals surface area (Å²) in [5.41, 5.74) is 0. The van der Waals surface area contributed by atoms with Gasteiger partial charge in [0.25, 0.3) is 0 Å². The van der Waals surface area contributed by atoms with E-state index in [-0.39, 0.29) is 12.2 Å². The second-order valence-electron chi connectivity index (χ2n) is 5.12. The highest BCUT2D eigenvalue weighted by atomic mass is 16.5. The normalized spacial score (nSPS) is 22.6. The summed E-state index contributed by atoms with van der Waals surface area (Å²) in [5.74, 6) is 0.633. The lowest BCUT2D eigenvalue weighted by atomic mass is 10.1. The van der Waals surface area contributed by atoms with E-state index in [9.17, 15) is 5.11 Å². The molecule has 1 aliphatic rings. The Balaban J connectivity index is 2.20. The van der Waals surface area contributed by atoms with Crippen LogP contribution in [0.5, 0.6) is 0 Å². The molecule has 0 bridgehead atoms. The van der Waals surface area contributed by atoms with Crippen LogP contribution in [0.1, 0.15) is 27.2 Å². The standard InChI is InChI=1S/C13H27NO3/c1-4-14(7-12-5-6-16-9-12)8-13(15)10-17-11(2)3/h11-13,15H,4-10H2,1-3H3. The van der Waals surface area contributed by atoms with Gasteiger partial charge in [-0.1, -0.05) is 6.92 Å². The highest BCUT2D eigenvalue weighted by molar-refractivity contribution is 4.71. The molecular weight excluding hydrogens is 218 g/mol. The van der Waals surface area contributed by atoms with Crippen molar-refractivity contribution in [2.24, 2.45) is 5.92 Å². The van der Waals surface area contributed by atoms with Gasteiger partial charge in [-0.05, 0) is 32.7 Å². The Morgan fingerprint density at radius 3 is 2.76 bits per heavy atom. The molecule has 1 aliphatic heterocycles. The molecule has 1 fully saturated rings. The quantitative estimate of drug-likeness (QED) is 0.696. The lowest BCUT2D eigenvalue weighted by molar-refractivity contribution is -0.00967. The molecule has 0 aromatic rings. The van der Waals surface area contributed by atoms with Crippen molar-refractivity contribution in [3.63, 3.8) is 0 Å². The summed E-state index contributed by atoms with van der Waals surface area (Å²) in [6.45, 7) is 11.0. The zero-order chi connectivity index (χ0) is 12.7. The Morgan fingerprint density at radius 2 is 2.24 bits per heavy atom. The molecule has 0 aromatic heterocycles. The first-order valence-electron chi connectivity index (χ1n) is 6.71. The first-order valence-corrected chi connectivity index (χ1v) is 6.71. The molecule has 0 radical (unpaired) electrons. The summed E-state index contributed by atoms with van der Waals surface area (Å²) in [4.78, 5) is 2.29. The van der Waals surface area contributed by atoms with E-state index in [0.29, 0.717) is 19.1 Å². The van der Waals surface area contributed by atoms with Crippen LogP contribution in [0, 0.1) is 5.92 Å². The molecule has 1 heterocycles. The predicted octanol–water partition coefficient (Wildman–Crippen LogP) is 1.13. The van der Waals surface area contributed by atoms with E-state index in [1.165, 1.54) is 0 Å². The number of rotatable bonds is 8. The molecule has 17 heavy (non-hydrogen) atoms. The van der Waals surface area contributed by atoms with Crippen LogP contribution in [0.2, 0.25) is 0 Å². The van der Waals surface area contributed by atoms with E-state index in [4.69, 9.17) is 9.47 Å². The maximum absolute atomic E-state index is 9.88. The Morgan fingerprint density at radius 1 is 1.47 bits per heavy atom. The summed E-state index contributed by atoms with van der Waals surface area (Å²) >= 11 is 0. The molecule has 1 saturated heterocycles. The fourth-order valence-electron chi connectivity index (χ4n) is 2.08. The average molecular weight is 245 g/mol. The van der Waals surface area contributed by atoms with Crippen molar-refractivity contribution >= 4 is 0 Å². The number of aliphatic hydroxyl groups excluding tert-OH is 1. The highest BCUT2D eigenvalue weighted by Gasteiger charge is 2.20. The van der Waals surface area contributed by atoms with Crippen LogP contribution in [-0.2, 0) is 9.47 Å². The van der Waals surface area contributed by atoms with Gasteiger partial charge in [-0.3, -0.25) is 0 Å². The van der Waals surface area contributed by atoms with Crippen LogP contribution in [0.25, 0.3) is 0 Å². The summed E-state index contributed by atoms with van der Waals surface area (Å²) in [6.07, 6.45) is 0.942. The fraction of sp³-hybridized carbons (Fsp3) is 1.00. The number of hydrogen-bond donors (Lipinski definition) is 1. The van der Waals surface area contributed by atoms with Crippen LogP contribution in [-0.4, -0.2) is 61.7 Å². The van der Waals surface area contributed by atoms with Gasteiger partial charge < -0.3 is 19.5 Å². The van der Waals surface area contributed by atoms with E-state index in [2.05, 4.69) is 11.8 Å². The minimum atomic E-state index is -0.389. The number of ether oxygens (including phenoxy) is 2. The van der Waals surface area contributed by atoms with Gasteiger partial charge in [0.05, 0.1) is 25.4 Å². The van der Waals surface area contributed by atoms with Crippen molar-refractivity contribution in [3.8, 4) is 0 Å². The third-order valence-electron chi connectivity index (χ3n) is 3.08.